The Labute approximate surface area is 150 Å². The summed E-state index contributed by atoms with van der Waals surface area (Å²) in [6, 6.07) is 5.63. The third-order valence-corrected chi connectivity index (χ3v) is 4.86. The number of likely N-dealkylation sites (tertiary alicyclic amines) is 1. The smallest absolute Gasteiger partial charge is 0.250 e. The minimum absolute atomic E-state index is 0.0377. The van der Waals surface area contributed by atoms with E-state index in [-0.39, 0.29) is 5.91 Å². The monoisotopic (exact) mass is 344 g/mol. The van der Waals surface area contributed by atoms with Crippen LogP contribution in [0.4, 0.5) is 0 Å². The number of hydrogen-bond donors (Lipinski definition) is 1. The van der Waals surface area contributed by atoms with Crippen molar-refractivity contribution in [2.45, 2.75) is 32.1 Å². The molecule has 2 heterocycles. The minimum atomic E-state index is -0.0377. The summed E-state index contributed by atoms with van der Waals surface area (Å²) in [5.74, 6) is 1.51. The lowest BCUT2D eigenvalue weighted by Gasteiger charge is -2.20. The molecule has 1 N–H and O–H groups in total. The van der Waals surface area contributed by atoms with Crippen molar-refractivity contribution in [1.29, 1.82) is 0 Å². The molecule has 1 aromatic carbocycles. The average molecular weight is 344 g/mol. The van der Waals surface area contributed by atoms with Gasteiger partial charge in [0.15, 0.2) is 0 Å². The van der Waals surface area contributed by atoms with Crippen LogP contribution >= 0.6 is 0 Å². The van der Waals surface area contributed by atoms with Crippen molar-refractivity contribution in [2.24, 2.45) is 0 Å². The first kappa shape index (κ1) is 17.8. The van der Waals surface area contributed by atoms with Gasteiger partial charge in [-0.25, -0.2) is 0 Å². The maximum Gasteiger partial charge on any atom is 0.250 e. The molecule has 2 aliphatic rings. The zero-order valence-corrected chi connectivity index (χ0v) is 15.1. The van der Waals surface area contributed by atoms with Crippen molar-refractivity contribution in [3.63, 3.8) is 0 Å². The normalized spacial score (nSPS) is 17.7. The molecule has 1 saturated heterocycles. The number of nitrogens with one attached hydrogen (secondary N) is 1. The van der Waals surface area contributed by atoms with Crippen molar-refractivity contribution >= 4 is 12.0 Å². The summed E-state index contributed by atoms with van der Waals surface area (Å²) in [5.41, 5.74) is 1.55. The van der Waals surface area contributed by atoms with Crippen molar-refractivity contribution in [3.8, 4) is 11.5 Å². The zero-order chi connectivity index (χ0) is 17.5. The minimum Gasteiger partial charge on any atom is -0.497 e. The molecule has 0 radical (unpaired) electrons. The largest absolute Gasteiger partial charge is 0.497 e. The lowest BCUT2D eigenvalue weighted by Crippen LogP contribution is -2.32. The maximum absolute atomic E-state index is 12.4. The van der Waals surface area contributed by atoms with Crippen LogP contribution in [-0.4, -0.2) is 50.7 Å². The third kappa shape index (κ3) is 4.98. The average Bonchev–Trinajstić information content (AvgIpc) is 2.93. The molecule has 0 spiro atoms. The second-order valence-corrected chi connectivity index (χ2v) is 6.73. The van der Waals surface area contributed by atoms with E-state index in [0.717, 1.165) is 30.0 Å². The molecule has 136 valence electrons. The highest BCUT2D eigenvalue weighted by Crippen LogP contribution is 2.29. The molecule has 5 heteroatoms. The van der Waals surface area contributed by atoms with E-state index in [1.54, 1.807) is 7.11 Å². The van der Waals surface area contributed by atoms with E-state index in [4.69, 9.17) is 9.47 Å². The molecule has 0 saturated carbocycles. The number of methoxy groups -OCH3 is 1. The number of benzene rings is 1. The second kappa shape index (κ2) is 8.90. The van der Waals surface area contributed by atoms with Crippen LogP contribution in [0.1, 0.15) is 37.7 Å². The Morgan fingerprint density at radius 3 is 2.80 bits per heavy atom. The summed E-state index contributed by atoms with van der Waals surface area (Å²) in [6.45, 7) is 4.49. The lowest BCUT2D eigenvalue weighted by molar-refractivity contribution is -0.117. The molecule has 0 atom stereocenters. The van der Waals surface area contributed by atoms with Gasteiger partial charge in [0.1, 0.15) is 18.1 Å². The van der Waals surface area contributed by atoms with Crippen LogP contribution in [0.25, 0.3) is 6.08 Å². The topological polar surface area (TPSA) is 50.8 Å². The predicted molar refractivity (Wildman–Crippen MR) is 99.0 cm³/mol. The Kier molecular flexibility index (Phi) is 6.34. The first-order valence-electron chi connectivity index (χ1n) is 9.28. The van der Waals surface area contributed by atoms with Gasteiger partial charge in [-0.15, -0.1) is 0 Å². The van der Waals surface area contributed by atoms with E-state index in [9.17, 15) is 4.79 Å². The van der Waals surface area contributed by atoms with Gasteiger partial charge in [0.2, 0.25) is 0 Å². The predicted octanol–water partition coefficient (Wildman–Crippen LogP) is 2.85. The van der Waals surface area contributed by atoms with Crippen LogP contribution in [0.15, 0.2) is 23.8 Å². The number of carbonyl (C=O) groups is 1. The van der Waals surface area contributed by atoms with E-state index in [2.05, 4.69) is 10.2 Å². The second-order valence-electron chi connectivity index (χ2n) is 6.73. The third-order valence-electron chi connectivity index (χ3n) is 4.86. The van der Waals surface area contributed by atoms with Gasteiger partial charge in [0.05, 0.1) is 12.7 Å². The molecule has 1 fully saturated rings. The number of carbonyl (C=O) groups excluding carboxylic acids is 1. The van der Waals surface area contributed by atoms with Gasteiger partial charge in [0, 0.05) is 12.1 Å². The number of amides is 1. The van der Waals surface area contributed by atoms with E-state index < -0.39 is 0 Å². The van der Waals surface area contributed by atoms with Crippen molar-refractivity contribution < 1.29 is 14.3 Å². The van der Waals surface area contributed by atoms with Crippen LogP contribution < -0.4 is 14.8 Å². The van der Waals surface area contributed by atoms with Crippen LogP contribution in [0.3, 0.4) is 0 Å². The van der Waals surface area contributed by atoms with Gasteiger partial charge in [-0.05, 0) is 63.2 Å². The molecule has 1 amide bonds. The molecule has 5 nitrogen and oxygen atoms in total. The van der Waals surface area contributed by atoms with E-state index in [1.165, 1.54) is 38.8 Å². The fourth-order valence-electron chi connectivity index (χ4n) is 3.39. The summed E-state index contributed by atoms with van der Waals surface area (Å²) < 4.78 is 10.9. The number of hydrogen-bond acceptors (Lipinski definition) is 4. The maximum atomic E-state index is 12.4. The van der Waals surface area contributed by atoms with Crippen LogP contribution in [-0.2, 0) is 4.79 Å². The molecule has 25 heavy (non-hydrogen) atoms. The number of fused-ring (bicyclic) bond motifs is 1. The standard InChI is InChI=1S/C20H28N2O3/c1-24-18-7-8-19-16(14-18)13-17(15-25-19)20(23)21-9-6-12-22-10-4-2-3-5-11-22/h7-8,13-14H,2-6,9-12,15H2,1H3,(H,21,23). The molecule has 0 bridgehead atoms. The molecule has 1 aromatic rings. The summed E-state index contributed by atoms with van der Waals surface area (Å²) in [7, 11) is 1.63. The lowest BCUT2D eigenvalue weighted by atomic mass is 10.1. The molecule has 2 aliphatic heterocycles. The molecular formula is C20H28N2O3. The highest BCUT2D eigenvalue weighted by molar-refractivity contribution is 5.99. The van der Waals surface area contributed by atoms with Gasteiger partial charge in [-0.3, -0.25) is 4.79 Å². The SMILES string of the molecule is COc1ccc2c(c1)C=C(C(=O)NCCCN1CCCCCC1)CO2. The Morgan fingerprint density at radius 1 is 1.24 bits per heavy atom. The molecule has 0 unspecified atom stereocenters. The fourth-order valence-corrected chi connectivity index (χ4v) is 3.39. The Hall–Kier alpha value is -2.01. The zero-order valence-electron chi connectivity index (χ0n) is 15.1. The number of nitrogens with zero attached hydrogens (tertiary/aromatic N) is 1. The van der Waals surface area contributed by atoms with Gasteiger partial charge in [-0.1, -0.05) is 12.8 Å². The molecular weight excluding hydrogens is 316 g/mol. The van der Waals surface area contributed by atoms with Gasteiger partial charge in [-0.2, -0.15) is 0 Å². The van der Waals surface area contributed by atoms with E-state index in [1.807, 2.05) is 24.3 Å². The van der Waals surface area contributed by atoms with Crippen molar-refractivity contribution in [1.82, 2.24) is 10.2 Å². The van der Waals surface area contributed by atoms with Crippen LogP contribution in [0.5, 0.6) is 11.5 Å². The highest BCUT2D eigenvalue weighted by Gasteiger charge is 2.17. The summed E-state index contributed by atoms with van der Waals surface area (Å²) in [4.78, 5) is 14.9. The summed E-state index contributed by atoms with van der Waals surface area (Å²) in [6.07, 6.45) is 8.20. The number of rotatable bonds is 6. The van der Waals surface area contributed by atoms with Gasteiger partial charge < -0.3 is 19.7 Å². The fraction of sp³-hybridized carbons (Fsp3) is 0.550. The highest BCUT2D eigenvalue weighted by atomic mass is 16.5. The molecule has 0 aliphatic carbocycles. The van der Waals surface area contributed by atoms with Crippen LogP contribution in [0.2, 0.25) is 0 Å². The summed E-state index contributed by atoms with van der Waals surface area (Å²) in [5, 5.41) is 3.02. The first-order chi connectivity index (χ1) is 12.3. The summed E-state index contributed by atoms with van der Waals surface area (Å²) >= 11 is 0. The van der Waals surface area contributed by atoms with Gasteiger partial charge >= 0.3 is 0 Å². The van der Waals surface area contributed by atoms with Gasteiger partial charge in [0.25, 0.3) is 5.91 Å². The van der Waals surface area contributed by atoms with E-state index >= 15 is 0 Å². The van der Waals surface area contributed by atoms with E-state index in [0.29, 0.717) is 18.7 Å². The van der Waals surface area contributed by atoms with Crippen molar-refractivity contribution in [2.75, 3.05) is 39.9 Å². The Bertz CT molecular complexity index is 619. The Balaban J connectivity index is 1.47. The first-order valence-corrected chi connectivity index (χ1v) is 9.28. The molecule has 0 aromatic heterocycles. The van der Waals surface area contributed by atoms with Crippen LogP contribution in [0, 0.1) is 0 Å². The Morgan fingerprint density at radius 2 is 2.04 bits per heavy atom. The molecule has 3 rings (SSSR count). The quantitative estimate of drug-likeness (QED) is 0.806. The van der Waals surface area contributed by atoms with Crippen molar-refractivity contribution in [3.05, 3.63) is 29.3 Å². The number of ether oxygens (including phenoxy) is 2.